The summed E-state index contributed by atoms with van der Waals surface area (Å²) in [7, 11) is 1.34. The number of carbonyl (C=O) groups is 1. The van der Waals surface area contributed by atoms with Gasteiger partial charge in [-0.2, -0.15) is 0 Å². The largest absolute Gasteiger partial charge is 0.469 e. The summed E-state index contributed by atoms with van der Waals surface area (Å²) in [6.45, 7) is 0.227. The number of benzene rings is 1. The second-order valence-corrected chi connectivity index (χ2v) is 3.50. The van der Waals surface area contributed by atoms with Gasteiger partial charge in [-0.3, -0.25) is 4.79 Å². The number of rotatable bonds is 3. The molecule has 0 amide bonds. The fraction of sp³-hybridized carbons (Fsp3) is 0.364. The highest BCUT2D eigenvalue weighted by molar-refractivity contribution is 5.70. The molecule has 0 spiro atoms. The molecule has 0 saturated carbocycles. The lowest BCUT2D eigenvalue weighted by Gasteiger charge is -2.10. The van der Waals surface area contributed by atoms with Crippen LogP contribution in [0.25, 0.3) is 0 Å². The highest BCUT2D eigenvalue weighted by Gasteiger charge is 2.17. The van der Waals surface area contributed by atoms with Crippen molar-refractivity contribution >= 4 is 5.97 Å². The molecule has 2 N–H and O–H groups in total. The van der Waals surface area contributed by atoms with Gasteiger partial charge in [0.25, 0.3) is 0 Å². The van der Waals surface area contributed by atoms with Crippen LogP contribution < -0.4 is 15.2 Å². The first kappa shape index (κ1) is 10.8. The summed E-state index contributed by atoms with van der Waals surface area (Å²) < 4.78 is 15.0. The lowest BCUT2D eigenvalue weighted by atomic mass is 10.0. The minimum atomic E-state index is -0.387. The van der Waals surface area contributed by atoms with Crippen LogP contribution in [0, 0.1) is 0 Å². The smallest absolute Gasteiger partial charge is 0.307 e. The summed E-state index contributed by atoms with van der Waals surface area (Å²) in [5.41, 5.74) is 6.70. The van der Waals surface area contributed by atoms with Gasteiger partial charge in [0.1, 0.15) is 0 Å². The van der Waals surface area contributed by atoms with E-state index in [9.17, 15) is 4.79 Å². The Kier molecular flexibility index (Phi) is 2.96. The standard InChI is InChI=1S/C11H13NO4/c1-14-11(13)5-8(12)7-2-3-9-10(4-7)16-6-15-9/h2-4,8H,5-6,12H2,1H3. The Morgan fingerprint density at radius 2 is 2.25 bits per heavy atom. The van der Waals surface area contributed by atoms with Crippen molar-refractivity contribution in [3.05, 3.63) is 23.8 Å². The van der Waals surface area contributed by atoms with Crippen LogP contribution in [0.3, 0.4) is 0 Å². The molecule has 1 aliphatic heterocycles. The molecule has 1 aliphatic rings. The molecule has 1 aromatic rings. The molecule has 0 saturated heterocycles. The third-order valence-corrected chi connectivity index (χ3v) is 2.44. The van der Waals surface area contributed by atoms with Gasteiger partial charge < -0.3 is 19.9 Å². The Balaban J connectivity index is 2.12. The minimum Gasteiger partial charge on any atom is -0.469 e. The summed E-state index contributed by atoms with van der Waals surface area (Å²) in [6, 6.07) is 5.01. The molecule has 1 unspecified atom stereocenters. The Morgan fingerprint density at radius 3 is 3.00 bits per heavy atom. The number of hydrogen-bond donors (Lipinski definition) is 1. The number of ether oxygens (including phenoxy) is 3. The molecule has 0 bridgehead atoms. The zero-order chi connectivity index (χ0) is 11.5. The predicted octanol–water partition coefficient (Wildman–Crippen LogP) is 0.978. The summed E-state index contributed by atoms with van der Waals surface area (Å²) >= 11 is 0. The van der Waals surface area contributed by atoms with E-state index in [1.807, 2.05) is 6.07 Å². The zero-order valence-electron chi connectivity index (χ0n) is 8.93. The summed E-state index contributed by atoms with van der Waals surface area (Å²) in [5.74, 6) is 1.04. The average molecular weight is 223 g/mol. The highest BCUT2D eigenvalue weighted by Crippen LogP contribution is 2.34. The quantitative estimate of drug-likeness (QED) is 0.773. The van der Waals surface area contributed by atoms with Crippen molar-refractivity contribution in [2.24, 2.45) is 5.73 Å². The Morgan fingerprint density at radius 1 is 1.50 bits per heavy atom. The van der Waals surface area contributed by atoms with E-state index in [1.165, 1.54) is 7.11 Å². The van der Waals surface area contributed by atoms with Gasteiger partial charge in [0.2, 0.25) is 6.79 Å². The van der Waals surface area contributed by atoms with Crippen molar-refractivity contribution in [2.45, 2.75) is 12.5 Å². The SMILES string of the molecule is COC(=O)CC(N)c1ccc2c(c1)OCO2. The molecule has 16 heavy (non-hydrogen) atoms. The maximum atomic E-state index is 11.1. The van der Waals surface area contributed by atoms with Crippen LogP contribution in [0.5, 0.6) is 11.5 Å². The van der Waals surface area contributed by atoms with Crippen molar-refractivity contribution in [1.82, 2.24) is 0 Å². The fourth-order valence-electron chi connectivity index (χ4n) is 1.52. The predicted molar refractivity (Wildman–Crippen MR) is 56.1 cm³/mol. The van der Waals surface area contributed by atoms with E-state index < -0.39 is 0 Å². The van der Waals surface area contributed by atoms with Gasteiger partial charge in [-0.05, 0) is 17.7 Å². The monoisotopic (exact) mass is 223 g/mol. The van der Waals surface area contributed by atoms with Gasteiger partial charge in [0.15, 0.2) is 11.5 Å². The van der Waals surface area contributed by atoms with Crippen LogP contribution in [-0.4, -0.2) is 19.9 Å². The first-order chi connectivity index (χ1) is 7.70. The molecule has 0 radical (unpaired) electrons. The number of nitrogens with two attached hydrogens (primary N) is 1. The van der Waals surface area contributed by atoms with Crippen molar-refractivity contribution in [1.29, 1.82) is 0 Å². The van der Waals surface area contributed by atoms with Crippen LogP contribution in [-0.2, 0) is 9.53 Å². The molecule has 5 heteroatoms. The molecule has 2 rings (SSSR count). The second-order valence-electron chi connectivity index (χ2n) is 3.50. The highest BCUT2D eigenvalue weighted by atomic mass is 16.7. The minimum absolute atomic E-state index is 0.149. The van der Waals surface area contributed by atoms with E-state index in [0.717, 1.165) is 5.56 Å². The molecule has 5 nitrogen and oxygen atoms in total. The number of hydrogen-bond acceptors (Lipinski definition) is 5. The van der Waals surface area contributed by atoms with Crippen LogP contribution >= 0.6 is 0 Å². The normalized spacial score (nSPS) is 14.6. The van der Waals surface area contributed by atoms with Gasteiger partial charge in [0.05, 0.1) is 13.5 Å². The average Bonchev–Trinajstić information content (AvgIpc) is 2.75. The molecular formula is C11H13NO4. The molecule has 0 aromatic heterocycles. The summed E-state index contributed by atoms with van der Waals surface area (Å²) in [5, 5.41) is 0. The zero-order valence-corrected chi connectivity index (χ0v) is 8.93. The maximum Gasteiger partial charge on any atom is 0.307 e. The fourth-order valence-corrected chi connectivity index (χ4v) is 1.52. The van der Waals surface area contributed by atoms with E-state index >= 15 is 0 Å². The number of carbonyl (C=O) groups excluding carboxylic acids is 1. The van der Waals surface area contributed by atoms with Gasteiger partial charge in [-0.15, -0.1) is 0 Å². The van der Waals surface area contributed by atoms with Gasteiger partial charge in [0, 0.05) is 6.04 Å². The molecule has 1 aromatic carbocycles. The second kappa shape index (κ2) is 4.40. The van der Waals surface area contributed by atoms with Crippen molar-refractivity contribution in [3.63, 3.8) is 0 Å². The molecule has 1 heterocycles. The van der Waals surface area contributed by atoms with E-state index in [4.69, 9.17) is 15.2 Å². The third kappa shape index (κ3) is 2.09. The molecule has 0 fully saturated rings. The first-order valence-corrected chi connectivity index (χ1v) is 4.92. The Hall–Kier alpha value is -1.75. The van der Waals surface area contributed by atoms with Crippen molar-refractivity contribution in [3.8, 4) is 11.5 Å². The van der Waals surface area contributed by atoms with Crippen molar-refractivity contribution in [2.75, 3.05) is 13.9 Å². The third-order valence-electron chi connectivity index (χ3n) is 2.44. The molecule has 86 valence electrons. The Labute approximate surface area is 93.1 Å². The number of fused-ring (bicyclic) bond motifs is 1. The van der Waals surface area contributed by atoms with Crippen LogP contribution in [0.4, 0.5) is 0 Å². The molecular weight excluding hydrogens is 210 g/mol. The van der Waals surface area contributed by atoms with Crippen LogP contribution in [0.15, 0.2) is 18.2 Å². The number of methoxy groups -OCH3 is 1. The van der Waals surface area contributed by atoms with Gasteiger partial charge >= 0.3 is 5.97 Å². The van der Waals surface area contributed by atoms with Gasteiger partial charge in [-0.25, -0.2) is 0 Å². The van der Waals surface area contributed by atoms with E-state index in [-0.39, 0.29) is 25.2 Å². The van der Waals surface area contributed by atoms with Gasteiger partial charge in [-0.1, -0.05) is 6.07 Å². The first-order valence-electron chi connectivity index (χ1n) is 4.92. The van der Waals surface area contributed by atoms with E-state index in [1.54, 1.807) is 12.1 Å². The number of esters is 1. The Bertz CT molecular complexity index is 405. The lowest BCUT2D eigenvalue weighted by Crippen LogP contribution is -2.16. The van der Waals surface area contributed by atoms with E-state index in [0.29, 0.717) is 11.5 Å². The summed E-state index contributed by atoms with van der Waals surface area (Å²) in [6.07, 6.45) is 0.149. The molecule has 0 aliphatic carbocycles. The van der Waals surface area contributed by atoms with Crippen LogP contribution in [0.2, 0.25) is 0 Å². The van der Waals surface area contributed by atoms with Crippen molar-refractivity contribution < 1.29 is 19.0 Å². The van der Waals surface area contributed by atoms with E-state index in [2.05, 4.69) is 4.74 Å². The summed E-state index contributed by atoms with van der Waals surface area (Å²) in [4.78, 5) is 11.1. The topological polar surface area (TPSA) is 70.8 Å². The molecule has 1 atom stereocenters. The lowest BCUT2D eigenvalue weighted by molar-refractivity contribution is -0.141. The van der Waals surface area contributed by atoms with Crippen LogP contribution in [0.1, 0.15) is 18.0 Å². The maximum absolute atomic E-state index is 11.1.